The number of likely N-dealkylation sites (tertiary alicyclic amines) is 2. The Morgan fingerprint density at radius 1 is 0.943 bits per heavy atom. The van der Waals surface area contributed by atoms with E-state index in [1.165, 1.54) is 6.42 Å². The van der Waals surface area contributed by atoms with Gasteiger partial charge < -0.3 is 14.5 Å². The van der Waals surface area contributed by atoms with Gasteiger partial charge in [-0.25, -0.2) is 4.98 Å². The van der Waals surface area contributed by atoms with Gasteiger partial charge in [0.15, 0.2) is 12.4 Å². The lowest BCUT2D eigenvalue weighted by Crippen LogP contribution is -2.41. The molecule has 0 radical (unpaired) electrons. The van der Waals surface area contributed by atoms with E-state index in [2.05, 4.69) is 10.2 Å². The van der Waals surface area contributed by atoms with Gasteiger partial charge in [0.2, 0.25) is 0 Å². The highest BCUT2D eigenvalue weighted by Gasteiger charge is 2.31. The number of carbonyl (C=O) groups is 2. The lowest BCUT2D eigenvalue weighted by molar-refractivity contribution is -0.137. The molecule has 2 amide bonds. The van der Waals surface area contributed by atoms with Gasteiger partial charge in [0.05, 0.1) is 6.04 Å². The summed E-state index contributed by atoms with van der Waals surface area (Å²) in [5.74, 6) is 1.87. The molecule has 5 rings (SSSR count). The molecule has 3 aromatic rings. The van der Waals surface area contributed by atoms with Gasteiger partial charge in [-0.15, -0.1) is 0 Å². The molecule has 0 spiro atoms. The Bertz CT molecular complexity index is 1160. The van der Waals surface area contributed by atoms with Crippen LogP contribution in [-0.4, -0.2) is 63.0 Å². The van der Waals surface area contributed by atoms with Crippen LogP contribution in [0.4, 0.5) is 0 Å². The molecule has 2 saturated heterocycles. The van der Waals surface area contributed by atoms with Crippen molar-refractivity contribution in [2.24, 2.45) is 0 Å². The third kappa shape index (κ3) is 5.37. The number of para-hydroxylation sites is 1. The van der Waals surface area contributed by atoms with Crippen molar-refractivity contribution in [2.75, 3.05) is 26.2 Å². The third-order valence-corrected chi connectivity index (χ3v) is 6.76. The number of H-pyrrole nitrogens is 1. The van der Waals surface area contributed by atoms with E-state index in [1.54, 1.807) is 0 Å². The zero-order chi connectivity index (χ0) is 24.0. The molecule has 2 aliphatic rings. The zero-order valence-electron chi connectivity index (χ0n) is 19.9. The molecule has 0 aliphatic carbocycles. The number of hydrogen-bond acceptors (Lipinski definition) is 5. The highest BCUT2D eigenvalue weighted by atomic mass is 16.5. The summed E-state index contributed by atoms with van der Waals surface area (Å²) >= 11 is 0. The van der Waals surface area contributed by atoms with Gasteiger partial charge in [-0.1, -0.05) is 30.3 Å². The van der Waals surface area contributed by atoms with Gasteiger partial charge in [-0.05, 0) is 62.8 Å². The number of aromatic nitrogens is 3. The van der Waals surface area contributed by atoms with Gasteiger partial charge in [0.1, 0.15) is 11.6 Å². The number of rotatable bonds is 6. The number of nitrogens with one attached hydrogen (secondary N) is 1. The van der Waals surface area contributed by atoms with Crippen molar-refractivity contribution >= 4 is 11.8 Å². The first kappa shape index (κ1) is 23.1. The first-order valence-electron chi connectivity index (χ1n) is 12.5. The summed E-state index contributed by atoms with van der Waals surface area (Å²) in [5, 5.41) is 7.49. The molecular formula is C27H31N5O3. The van der Waals surface area contributed by atoms with E-state index >= 15 is 0 Å². The Hall–Kier alpha value is -3.68. The van der Waals surface area contributed by atoms with Crippen LogP contribution >= 0.6 is 0 Å². The summed E-state index contributed by atoms with van der Waals surface area (Å²) in [6, 6.07) is 16.7. The zero-order valence-corrected chi connectivity index (χ0v) is 19.9. The van der Waals surface area contributed by atoms with Crippen LogP contribution in [0.25, 0.3) is 11.4 Å². The molecule has 3 heterocycles. The minimum absolute atomic E-state index is 0.0117. The number of ether oxygens (including phenoxy) is 1. The average Bonchev–Trinajstić information content (AvgIpc) is 3.43. The molecule has 0 bridgehead atoms. The standard InChI is InChI=1S/C27H31N5O3/c33-24(19-35-22-12-3-1-4-13-22)32-17-8-5-14-23(32)26-28-25(29-30-26)20-10-9-11-21(18-20)27(34)31-15-6-2-7-16-31/h1,3-4,9-13,18,23H,2,5-8,14-17,19H2,(H,28,29,30). The van der Waals surface area contributed by atoms with Crippen molar-refractivity contribution in [1.29, 1.82) is 0 Å². The molecule has 2 aromatic carbocycles. The van der Waals surface area contributed by atoms with E-state index in [0.717, 1.165) is 50.8 Å². The van der Waals surface area contributed by atoms with Crippen molar-refractivity contribution in [2.45, 2.75) is 44.6 Å². The van der Waals surface area contributed by atoms with E-state index in [1.807, 2.05) is 64.4 Å². The van der Waals surface area contributed by atoms with Gasteiger partial charge >= 0.3 is 0 Å². The van der Waals surface area contributed by atoms with Crippen LogP contribution in [0.15, 0.2) is 54.6 Å². The average molecular weight is 474 g/mol. The van der Waals surface area contributed by atoms with E-state index in [-0.39, 0.29) is 24.5 Å². The number of aromatic amines is 1. The third-order valence-electron chi connectivity index (χ3n) is 6.76. The maximum atomic E-state index is 13.0. The molecule has 1 N–H and O–H groups in total. The largest absolute Gasteiger partial charge is 0.484 e. The van der Waals surface area contributed by atoms with Gasteiger partial charge in [-0.3, -0.25) is 14.7 Å². The van der Waals surface area contributed by atoms with Crippen LogP contribution in [0.2, 0.25) is 0 Å². The lowest BCUT2D eigenvalue weighted by Gasteiger charge is -2.34. The van der Waals surface area contributed by atoms with Crippen LogP contribution in [-0.2, 0) is 4.79 Å². The molecule has 2 aliphatic heterocycles. The summed E-state index contributed by atoms with van der Waals surface area (Å²) in [5.41, 5.74) is 1.44. The van der Waals surface area contributed by atoms with Crippen LogP contribution in [0, 0.1) is 0 Å². The molecule has 1 unspecified atom stereocenters. The molecule has 1 atom stereocenters. The Morgan fingerprint density at radius 3 is 2.57 bits per heavy atom. The Kier molecular flexibility index (Phi) is 7.07. The molecule has 8 nitrogen and oxygen atoms in total. The predicted molar refractivity (Wildman–Crippen MR) is 132 cm³/mol. The second kappa shape index (κ2) is 10.7. The number of nitrogens with zero attached hydrogens (tertiary/aromatic N) is 4. The molecule has 0 saturated carbocycles. The van der Waals surface area contributed by atoms with E-state index in [0.29, 0.717) is 29.5 Å². The van der Waals surface area contributed by atoms with Crippen molar-refractivity contribution in [1.82, 2.24) is 25.0 Å². The van der Waals surface area contributed by atoms with Crippen LogP contribution in [0.3, 0.4) is 0 Å². The Morgan fingerprint density at radius 2 is 1.74 bits per heavy atom. The fraction of sp³-hybridized carbons (Fsp3) is 0.407. The number of carbonyl (C=O) groups excluding carboxylic acids is 2. The molecular weight excluding hydrogens is 442 g/mol. The van der Waals surface area contributed by atoms with Crippen molar-refractivity contribution < 1.29 is 14.3 Å². The Labute approximate surface area is 205 Å². The second-order valence-corrected chi connectivity index (χ2v) is 9.18. The minimum Gasteiger partial charge on any atom is -0.484 e. The van der Waals surface area contributed by atoms with E-state index < -0.39 is 0 Å². The quantitative estimate of drug-likeness (QED) is 0.579. The van der Waals surface area contributed by atoms with Crippen LogP contribution in [0.1, 0.15) is 60.7 Å². The monoisotopic (exact) mass is 473 g/mol. The summed E-state index contributed by atoms with van der Waals surface area (Å²) in [6.45, 7) is 2.28. The maximum absolute atomic E-state index is 13.0. The first-order chi connectivity index (χ1) is 17.2. The van der Waals surface area contributed by atoms with Gasteiger partial charge in [0.25, 0.3) is 11.8 Å². The molecule has 8 heteroatoms. The minimum atomic E-state index is -0.171. The molecule has 1 aromatic heterocycles. The van der Waals surface area contributed by atoms with Crippen LogP contribution in [0.5, 0.6) is 5.75 Å². The van der Waals surface area contributed by atoms with Gasteiger partial charge in [0, 0.05) is 30.8 Å². The highest BCUT2D eigenvalue weighted by molar-refractivity contribution is 5.95. The molecule has 35 heavy (non-hydrogen) atoms. The summed E-state index contributed by atoms with van der Waals surface area (Å²) < 4.78 is 5.69. The number of piperidine rings is 2. The lowest BCUT2D eigenvalue weighted by atomic mass is 10.0. The Balaban J connectivity index is 1.29. The smallest absolute Gasteiger partial charge is 0.261 e. The highest BCUT2D eigenvalue weighted by Crippen LogP contribution is 2.30. The second-order valence-electron chi connectivity index (χ2n) is 9.18. The first-order valence-corrected chi connectivity index (χ1v) is 12.5. The predicted octanol–water partition coefficient (Wildman–Crippen LogP) is 4.23. The summed E-state index contributed by atoms with van der Waals surface area (Å²) in [4.78, 5) is 34.4. The number of benzene rings is 2. The van der Waals surface area contributed by atoms with Crippen molar-refractivity contribution in [3.8, 4) is 17.1 Å². The SMILES string of the molecule is O=C(c1cccc(-c2n[nH]c(C3CCCCN3C(=O)COc3ccccc3)n2)c1)N1CCCCC1. The maximum Gasteiger partial charge on any atom is 0.261 e. The van der Waals surface area contributed by atoms with Crippen molar-refractivity contribution in [3.05, 3.63) is 66.0 Å². The fourth-order valence-corrected chi connectivity index (χ4v) is 4.88. The summed E-state index contributed by atoms with van der Waals surface area (Å²) in [6.07, 6.45) is 6.09. The number of amides is 2. The molecule has 182 valence electrons. The van der Waals surface area contributed by atoms with Crippen molar-refractivity contribution in [3.63, 3.8) is 0 Å². The van der Waals surface area contributed by atoms with Gasteiger partial charge in [-0.2, -0.15) is 5.10 Å². The summed E-state index contributed by atoms with van der Waals surface area (Å²) in [7, 11) is 0. The van der Waals surface area contributed by atoms with E-state index in [4.69, 9.17) is 9.72 Å². The number of hydrogen-bond donors (Lipinski definition) is 1. The van der Waals surface area contributed by atoms with Crippen LogP contribution < -0.4 is 4.74 Å². The topological polar surface area (TPSA) is 91.4 Å². The van der Waals surface area contributed by atoms with E-state index in [9.17, 15) is 9.59 Å². The fourth-order valence-electron chi connectivity index (χ4n) is 4.88. The normalized spacial score (nSPS) is 18.3. The molecule has 2 fully saturated rings.